The van der Waals surface area contributed by atoms with Crippen LogP contribution >= 0.6 is 11.3 Å². The smallest absolute Gasteiger partial charge is 0.0794 e. The first-order valence-electron chi connectivity index (χ1n) is 4.91. The van der Waals surface area contributed by atoms with Crippen molar-refractivity contribution >= 4 is 11.3 Å². The number of nitrogens with one attached hydrogen (secondary N) is 1. The highest BCUT2D eigenvalue weighted by atomic mass is 32.1. The lowest BCUT2D eigenvalue weighted by molar-refractivity contribution is 0.159. The van der Waals surface area contributed by atoms with Crippen LogP contribution in [0.3, 0.4) is 0 Å². The summed E-state index contributed by atoms with van der Waals surface area (Å²) in [5.74, 6) is 0. The third-order valence-corrected chi connectivity index (χ3v) is 3.18. The number of nitrogens with zero attached hydrogens (tertiary/aromatic N) is 1. The van der Waals surface area contributed by atoms with Crippen molar-refractivity contribution < 1.29 is 4.74 Å². The van der Waals surface area contributed by atoms with E-state index in [-0.39, 0.29) is 0 Å². The van der Waals surface area contributed by atoms with Crippen molar-refractivity contribution in [1.29, 1.82) is 0 Å². The van der Waals surface area contributed by atoms with E-state index in [4.69, 9.17) is 4.74 Å². The molecule has 0 radical (unpaired) electrons. The summed E-state index contributed by atoms with van der Waals surface area (Å²) < 4.78 is 5.14. The standard InChI is InChI=1S/C10H18N2OS/c1-4-9(6-13-3)12-8(2)10-5-11-7-14-10/h5,7-9,12H,4,6H2,1-3H3. The third-order valence-electron chi connectivity index (χ3n) is 2.22. The molecule has 0 aromatic carbocycles. The van der Waals surface area contributed by atoms with E-state index in [9.17, 15) is 0 Å². The van der Waals surface area contributed by atoms with Crippen LogP contribution in [-0.2, 0) is 4.74 Å². The Kier molecular flexibility index (Phi) is 5.07. The van der Waals surface area contributed by atoms with Gasteiger partial charge in [0.05, 0.1) is 12.1 Å². The number of ether oxygens (including phenoxy) is 1. The second kappa shape index (κ2) is 6.11. The molecular formula is C10H18N2OS. The van der Waals surface area contributed by atoms with Crippen LogP contribution in [0.25, 0.3) is 0 Å². The maximum atomic E-state index is 5.14. The summed E-state index contributed by atoms with van der Waals surface area (Å²) in [6.45, 7) is 5.08. The molecular weight excluding hydrogens is 196 g/mol. The number of methoxy groups -OCH3 is 1. The van der Waals surface area contributed by atoms with Gasteiger partial charge in [0.1, 0.15) is 0 Å². The van der Waals surface area contributed by atoms with E-state index in [1.54, 1.807) is 18.4 Å². The zero-order chi connectivity index (χ0) is 10.4. The first-order chi connectivity index (χ1) is 6.77. The van der Waals surface area contributed by atoms with E-state index in [0.29, 0.717) is 12.1 Å². The van der Waals surface area contributed by atoms with Crippen molar-refractivity contribution in [2.45, 2.75) is 32.4 Å². The van der Waals surface area contributed by atoms with E-state index in [2.05, 4.69) is 24.1 Å². The van der Waals surface area contributed by atoms with Gasteiger partial charge in [-0.3, -0.25) is 4.98 Å². The van der Waals surface area contributed by atoms with Crippen LogP contribution < -0.4 is 5.32 Å². The van der Waals surface area contributed by atoms with Gasteiger partial charge in [0.15, 0.2) is 0 Å². The van der Waals surface area contributed by atoms with Crippen LogP contribution in [0.5, 0.6) is 0 Å². The van der Waals surface area contributed by atoms with Gasteiger partial charge in [-0.2, -0.15) is 0 Å². The number of thiazole rings is 1. The van der Waals surface area contributed by atoms with Gasteiger partial charge >= 0.3 is 0 Å². The summed E-state index contributed by atoms with van der Waals surface area (Å²) in [4.78, 5) is 5.35. The second-order valence-electron chi connectivity index (χ2n) is 3.35. The molecule has 1 heterocycles. The molecule has 1 aromatic rings. The van der Waals surface area contributed by atoms with Crippen LogP contribution in [0.1, 0.15) is 31.2 Å². The van der Waals surface area contributed by atoms with Crippen LogP contribution in [0.15, 0.2) is 11.7 Å². The number of hydrogen-bond donors (Lipinski definition) is 1. The Balaban J connectivity index is 2.42. The van der Waals surface area contributed by atoms with Crippen LogP contribution in [-0.4, -0.2) is 24.7 Å². The van der Waals surface area contributed by atoms with Crippen molar-refractivity contribution in [3.8, 4) is 0 Å². The molecule has 0 aliphatic rings. The van der Waals surface area contributed by atoms with Crippen molar-refractivity contribution in [3.63, 3.8) is 0 Å². The minimum absolute atomic E-state index is 0.364. The normalized spacial score (nSPS) is 15.4. The first-order valence-corrected chi connectivity index (χ1v) is 5.79. The molecule has 14 heavy (non-hydrogen) atoms. The molecule has 0 amide bonds. The summed E-state index contributed by atoms with van der Waals surface area (Å²) in [6.07, 6.45) is 3.00. The van der Waals surface area contributed by atoms with E-state index in [0.717, 1.165) is 13.0 Å². The van der Waals surface area contributed by atoms with E-state index < -0.39 is 0 Å². The van der Waals surface area contributed by atoms with Crippen LogP contribution in [0, 0.1) is 0 Å². The largest absolute Gasteiger partial charge is 0.383 e. The lowest BCUT2D eigenvalue weighted by atomic mass is 10.2. The van der Waals surface area contributed by atoms with Gasteiger partial charge in [0.25, 0.3) is 0 Å². The zero-order valence-electron chi connectivity index (χ0n) is 8.99. The molecule has 0 aliphatic heterocycles. The van der Waals surface area contributed by atoms with Gasteiger partial charge in [-0.15, -0.1) is 11.3 Å². The highest BCUT2D eigenvalue weighted by molar-refractivity contribution is 7.09. The minimum Gasteiger partial charge on any atom is -0.383 e. The summed E-state index contributed by atoms with van der Waals surface area (Å²) >= 11 is 1.69. The van der Waals surface area contributed by atoms with Crippen molar-refractivity contribution in [1.82, 2.24) is 10.3 Å². The fourth-order valence-corrected chi connectivity index (χ4v) is 2.00. The minimum atomic E-state index is 0.364. The molecule has 0 aliphatic carbocycles. The summed E-state index contributed by atoms with van der Waals surface area (Å²) in [6, 6.07) is 0.791. The Morgan fingerprint density at radius 2 is 2.43 bits per heavy atom. The van der Waals surface area contributed by atoms with Gasteiger partial charge in [-0.05, 0) is 13.3 Å². The monoisotopic (exact) mass is 214 g/mol. The van der Waals surface area contributed by atoms with E-state index in [1.165, 1.54) is 4.88 Å². The molecule has 0 spiro atoms. The van der Waals surface area contributed by atoms with Crippen LogP contribution in [0.2, 0.25) is 0 Å². The fraction of sp³-hybridized carbons (Fsp3) is 0.700. The Morgan fingerprint density at radius 3 is 2.93 bits per heavy atom. The van der Waals surface area contributed by atoms with Gasteiger partial charge < -0.3 is 10.1 Å². The zero-order valence-corrected chi connectivity index (χ0v) is 9.80. The lowest BCUT2D eigenvalue weighted by Gasteiger charge is -2.20. The Labute approximate surface area is 89.5 Å². The number of aromatic nitrogens is 1. The molecule has 0 fully saturated rings. The second-order valence-corrected chi connectivity index (χ2v) is 4.27. The molecule has 0 saturated carbocycles. The van der Waals surface area contributed by atoms with Crippen molar-refractivity contribution in [2.75, 3.05) is 13.7 Å². The number of rotatable bonds is 6. The molecule has 1 aromatic heterocycles. The highest BCUT2D eigenvalue weighted by Crippen LogP contribution is 2.17. The van der Waals surface area contributed by atoms with Crippen LogP contribution in [0.4, 0.5) is 0 Å². The summed E-state index contributed by atoms with van der Waals surface area (Å²) in [5.41, 5.74) is 1.87. The highest BCUT2D eigenvalue weighted by Gasteiger charge is 2.12. The molecule has 0 saturated heterocycles. The average molecular weight is 214 g/mol. The quantitative estimate of drug-likeness (QED) is 0.788. The van der Waals surface area contributed by atoms with Gasteiger partial charge in [0.2, 0.25) is 0 Å². The number of hydrogen-bond acceptors (Lipinski definition) is 4. The maximum Gasteiger partial charge on any atom is 0.0794 e. The first kappa shape index (κ1) is 11.6. The van der Waals surface area contributed by atoms with Gasteiger partial charge in [-0.1, -0.05) is 6.92 Å². The predicted octanol–water partition coefficient (Wildman–Crippen LogP) is 2.22. The topological polar surface area (TPSA) is 34.1 Å². The van der Waals surface area contributed by atoms with E-state index >= 15 is 0 Å². The summed E-state index contributed by atoms with van der Waals surface area (Å²) in [5, 5.41) is 3.52. The summed E-state index contributed by atoms with van der Waals surface area (Å²) in [7, 11) is 1.74. The Hall–Kier alpha value is -0.450. The average Bonchev–Trinajstić information content (AvgIpc) is 2.69. The Morgan fingerprint density at radius 1 is 1.64 bits per heavy atom. The third kappa shape index (κ3) is 3.36. The molecule has 80 valence electrons. The molecule has 0 bridgehead atoms. The molecule has 3 nitrogen and oxygen atoms in total. The van der Waals surface area contributed by atoms with Gasteiger partial charge in [-0.25, -0.2) is 0 Å². The Bertz CT molecular complexity index is 238. The fourth-order valence-electron chi connectivity index (χ4n) is 1.36. The molecule has 2 atom stereocenters. The molecule has 4 heteroatoms. The van der Waals surface area contributed by atoms with Crippen molar-refractivity contribution in [3.05, 3.63) is 16.6 Å². The van der Waals surface area contributed by atoms with Crippen molar-refractivity contribution in [2.24, 2.45) is 0 Å². The molecule has 1 rings (SSSR count). The SMILES string of the molecule is CCC(COC)NC(C)c1cncs1. The predicted molar refractivity (Wildman–Crippen MR) is 59.6 cm³/mol. The maximum absolute atomic E-state index is 5.14. The lowest BCUT2D eigenvalue weighted by Crippen LogP contribution is -2.34. The van der Waals surface area contributed by atoms with Gasteiger partial charge in [0, 0.05) is 30.3 Å². The molecule has 2 unspecified atom stereocenters. The van der Waals surface area contributed by atoms with E-state index in [1.807, 2.05) is 11.7 Å². The molecule has 1 N–H and O–H groups in total.